The van der Waals surface area contributed by atoms with Crippen LogP contribution in [-0.4, -0.2) is 81.4 Å². The summed E-state index contributed by atoms with van der Waals surface area (Å²) in [7, 11) is 0. The lowest BCUT2D eigenvalue weighted by Crippen LogP contribution is -2.42. The van der Waals surface area contributed by atoms with Crippen molar-refractivity contribution < 1.29 is 38.3 Å². The first-order valence-electron chi connectivity index (χ1n) is 9.86. The van der Waals surface area contributed by atoms with E-state index in [0.717, 1.165) is 52.1 Å². The van der Waals surface area contributed by atoms with Crippen molar-refractivity contribution in [2.75, 3.05) is 33.0 Å². The molecule has 0 aliphatic carbocycles. The van der Waals surface area contributed by atoms with Crippen LogP contribution in [0.3, 0.4) is 0 Å². The summed E-state index contributed by atoms with van der Waals surface area (Å²) >= 11 is 0. The van der Waals surface area contributed by atoms with Crippen LogP contribution in [0.2, 0.25) is 0 Å². The van der Waals surface area contributed by atoms with Gasteiger partial charge in [-0.15, -0.1) is 0 Å². The van der Waals surface area contributed by atoms with Crippen molar-refractivity contribution in [1.29, 1.82) is 0 Å². The fourth-order valence-electron chi connectivity index (χ4n) is 4.60. The Labute approximate surface area is 153 Å². The number of fused-ring (bicyclic) bond motifs is 1. The quantitative estimate of drug-likeness (QED) is 0.763. The number of hydrogen-bond acceptors (Lipinski definition) is 8. The van der Waals surface area contributed by atoms with Gasteiger partial charge in [0.05, 0.1) is 6.61 Å². The highest BCUT2D eigenvalue weighted by Crippen LogP contribution is 2.40. The summed E-state index contributed by atoms with van der Waals surface area (Å²) in [6, 6.07) is 0. The number of aliphatic hydroxyl groups excluding tert-OH is 1. The van der Waals surface area contributed by atoms with Gasteiger partial charge in [0.1, 0.15) is 24.4 Å². The van der Waals surface area contributed by atoms with Crippen molar-refractivity contribution >= 4 is 0 Å². The standard InChI is InChI=1S/C18H28O8/c19-13-14(12-9-22-16(23-12)10-1-5-20-6-2-10)24-18-15(13)25-17(26-18)11-3-7-21-8-4-11/h10-19H,1-9H2. The number of aliphatic hydroxyl groups is 1. The van der Waals surface area contributed by atoms with E-state index in [-0.39, 0.29) is 18.7 Å². The highest BCUT2D eigenvalue weighted by molar-refractivity contribution is 4.97. The lowest BCUT2D eigenvalue weighted by Gasteiger charge is -2.29. The molecule has 0 aromatic heterocycles. The van der Waals surface area contributed by atoms with Crippen molar-refractivity contribution in [2.45, 2.75) is 69.0 Å². The first-order chi connectivity index (χ1) is 12.8. The van der Waals surface area contributed by atoms with E-state index < -0.39 is 24.6 Å². The molecule has 148 valence electrons. The SMILES string of the molecule is OC1C(C2COC(C3CCOCC3)O2)OC2OC(C3CCOCC3)OC21. The molecule has 7 atom stereocenters. The lowest BCUT2D eigenvalue weighted by molar-refractivity contribution is -0.212. The summed E-state index contributed by atoms with van der Waals surface area (Å²) in [5.41, 5.74) is 0. The molecule has 0 saturated carbocycles. The van der Waals surface area contributed by atoms with Gasteiger partial charge in [0.25, 0.3) is 0 Å². The number of ether oxygens (including phenoxy) is 7. The summed E-state index contributed by atoms with van der Waals surface area (Å²) in [6.07, 6.45) is 0.608. The molecule has 0 aromatic rings. The lowest BCUT2D eigenvalue weighted by atomic mass is 10.00. The molecule has 0 aromatic carbocycles. The largest absolute Gasteiger partial charge is 0.387 e. The zero-order valence-electron chi connectivity index (χ0n) is 14.9. The van der Waals surface area contributed by atoms with E-state index in [9.17, 15) is 5.11 Å². The molecular weight excluding hydrogens is 344 g/mol. The van der Waals surface area contributed by atoms with Gasteiger partial charge in [0.15, 0.2) is 18.9 Å². The first kappa shape index (κ1) is 17.8. The first-order valence-corrected chi connectivity index (χ1v) is 9.86. The van der Waals surface area contributed by atoms with E-state index in [4.69, 9.17) is 33.2 Å². The van der Waals surface area contributed by atoms with Gasteiger partial charge < -0.3 is 38.3 Å². The van der Waals surface area contributed by atoms with E-state index in [2.05, 4.69) is 0 Å². The molecule has 0 spiro atoms. The second-order valence-electron chi connectivity index (χ2n) is 7.84. The minimum Gasteiger partial charge on any atom is -0.387 e. The molecule has 8 nitrogen and oxygen atoms in total. The number of hydrogen-bond donors (Lipinski definition) is 1. The summed E-state index contributed by atoms with van der Waals surface area (Å²) < 4.78 is 40.6. The molecule has 8 heteroatoms. The third-order valence-corrected chi connectivity index (χ3v) is 6.19. The van der Waals surface area contributed by atoms with Crippen LogP contribution in [0.15, 0.2) is 0 Å². The van der Waals surface area contributed by atoms with Gasteiger partial charge in [0.2, 0.25) is 0 Å². The predicted octanol–water partition coefficient (Wildman–Crippen LogP) is 0.408. The van der Waals surface area contributed by atoms with Crippen molar-refractivity contribution in [2.24, 2.45) is 11.8 Å². The second-order valence-corrected chi connectivity index (χ2v) is 7.84. The normalized spacial score (nSPS) is 48.1. The topological polar surface area (TPSA) is 84.8 Å². The van der Waals surface area contributed by atoms with Crippen molar-refractivity contribution in [1.82, 2.24) is 0 Å². The molecule has 5 aliphatic heterocycles. The van der Waals surface area contributed by atoms with Gasteiger partial charge in [0, 0.05) is 38.3 Å². The Balaban J connectivity index is 1.16. The number of rotatable bonds is 3. The third-order valence-electron chi connectivity index (χ3n) is 6.19. The van der Waals surface area contributed by atoms with Crippen molar-refractivity contribution in [3.8, 4) is 0 Å². The Morgan fingerprint density at radius 2 is 1.23 bits per heavy atom. The van der Waals surface area contributed by atoms with Gasteiger partial charge in [-0.3, -0.25) is 0 Å². The van der Waals surface area contributed by atoms with Gasteiger partial charge >= 0.3 is 0 Å². The van der Waals surface area contributed by atoms with E-state index in [0.29, 0.717) is 18.4 Å². The summed E-state index contributed by atoms with van der Waals surface area (Å²) in [6.45, 7) is 3.39. The summed E-state index contributed by atoms with van der Waals surface area (Å²) in [5.74, 6) is 0.643. The Morgan fingerprint density at radius 3 is 1.88 bits per heavy atom. The molecule has 5 saturated heterocycles. The summed E-state index contributed by atoms with van der Waals surface area (Å²) in [4.78, 5) is 0. The van der Waals surface area contributed by atoms with Crippen LogP contribution in [-0.2, 0) is 33.2 Å². The Kier molecular flexibility index (Phi) is 5.19. The average Bonchev–Trinajstić information content (AvgIpc) is 3.40. The molecule has 5 aliphatic rings. The fraction of sp³-hybridized carbons (Fsp3) is 1.00. The minimum atomic E-state index is -0.771. The third kappa shape index (κ3) is 3.31. The maximum Gasteiger partial charge on any atom is 0.190 e. The molecule has 7 unspecified atom stereocenters. The molecule has 0 bridgehead atoms. The molecule has 5 rings (SSSR count). The monoisotopic (exact) mass is 372 g/mol. The molecule has 0 radical (unpaired) electrons. The van der Waals surface area contributed by atoms with Crippen molar-refractivity contribution in [3.63, 3.8) is 0 Å². The Morgan fingerprint density at radius 1 is 0.615 bits per heavy atom. The zero-order chi connectivity index (χ0) is 17.5. The molecule has 5 fully saturated rings. The predicted molar refractivity (Wildman–Crippen MR) is 86.1 cm³/mol. The van der Waals surface area contributed by atoms with Crippen LogP contribution in [0.1, 0.15) is 25.7 Å². The molecular formula is C18H28O8. The smallest absolute Gasteiger partial charge is 0.190 e. The van der Waals surface area contributed by atoms with Crippen LogP contribution in [0.25, 0.3) is 0 Å². The van der Waals surface area contributed by atoms with Crippen LogP contribution < -0.4 is 0 Å². The zero-order valence-corrected chi connectivity index (χ0v) is 14.9. The van der Waals surface area contributed by atoms with E-state index >= 15 is 0 Å². The summed E-state index contributed by atoms with van der Waals surface area (Å²) in [5, 5.41) is 10.7. The molecule has 5 heterocycles. The van der Waals surface area contributed by atoms with Crippen LogP contribution in [0.5, 0.6) is 0 Å². The second kappa shape index (κ2) is 7.60. The minimum absolute atomic E-state index is 0.239. The maximum atomic E-state index is 10.7. The van der Waals surface area contributed by atoms with E-state index in [1.807, 2.05) is 0 Å². The molecule has 0 amide bonds. The highest BCUT2D eigenvalue weighted by Gasteiger charge is 2.56. The molecule has 26 heavy (non-hydrogen) atoms. The Hall–Kier alpha value is -0.320. The highest BCUT2D eigenvalue weighted by atomic mass is 16.8. The van der Waals surface area contributed by atoms with Crippen LogP contribution in [0.4, 0.5) is 0 Å². The Bertz CT molecular complexity index is 478. The van der Waals surface area contributed by atoms with Crippen LogP contribution in [0, 0.1) is 11.8 Å². The van der Waals surface area contributed by atoms with E-state index in [1.165, 1.54) is 0 Å². The maximum absolute atomic E-state index is 10.7. The van der Waals surface area contributed by atoms with Crippen LogP contribution >= 0.6 is 0 Å². The van der Waals surface area contributed by atoms with E-state index in [1.54, 1.807) is 0 Å². The van der Waals surface area contributed by atoms with Gasteiger partial charge in [-0.05, 0) is 25.7 Å². The van der Waals surface area contributed by atoms with Gasteiger partial charge in [-0.1, -0.05) is 0 Å². The fourth-order valence-corrected chi connectivity index (χ4v) is 4.60. The van der Waals surface area contributed by atoms with Gasteiger partial charge in [-0.25, -0.2) is 0 Å². The van der Waals surface area contributed by atoms with Crippen molar-refractivity contribution in [3.05, 3.63) is 0 Å². The average molecular weight is 372 g/mol. The molecule has 1 N–H and O–H groups in total. The van der Waals surface area contributed by atoms with Gasteiger partial charge in [-0.2, -0.15) is 0 Å².